The number of primary amides is 1. The van der Waals surface area contributed by atoms with Crippen LogP contribution in [0.1, 0.15) is 26.3 Å². The molecule has 1 amide bonds. The predicted molar refractivity (Wildman–Crippen MR) is 83.1 cm³/mol. The molecule has 1 rings (SSSR count). The Morgan fingerprint density at radius 1 is 1.29 bits per heavy atom. The lowest BCUT2D eigenvalue weighted by Gasteiger charge is -2.22. The molecular weight excluding hydrogens is 268 g/mol. The Labute approximate surface area is 126 Å². The summed E-state index contributed by atoms with van der Waals surface area (Å²) in [5, 5.41) is 3.50. The van der Waals surface area contributed by atoms with Crippen LogP contribution in [0.2, 0.25) is 0 Å². The van der Waals surface area contributed by atoms with Crippen LogP contribution in [0.4, 0.5) is 0 Å². The number of amides is 1. The first-order valence-electron chi connectivity index (χ1n) is 7.34. The first-order chi connectivity index (χ1) is 10.0. The zero-order chi connectivity index (χ0) is 15.7. The number of hydrogen-bond acceptors (Lipinski definition) is 4. The molecule has 0 bridgehead atoms. The first kappa shape index (κ1) is 17.5. The second kappa shape index (κ2) is 9.37. The molecule has 1 atom stereocenters. The standard InChI is InChI=1S/C16H26N2O3/c1-4-20-10-15(12(2)3)18-9-13-5-7-14(8-6-13)21-11-16(17)19/h5-8,12,15,18H,4,9-11H2,1-3H3,(H2,17,19). The number of nitrogens with two attached hydrogens (primary N) is 1. The van der Waals surface area contributed by atoms with Crippen LogP contribution in [0.15, 0.2) is 24.3 Å². The van der Waals surface area contributed by atoms with Crippen LogP contribution < -0.4 is 15.8 Å². The van der Waals surface area contributed by atoms with Gasteiger partial charge in [0, 0.05) is 19.2 Å². The predicted octanol–water partition coefficient (Wildman–Crippen LogP) is 1.70. The van der Waals surface area contributed by atoms with Crippen molar-refractivity contribution in [1.29, 1.82) is 0 Å². The SMILES string of the molecule is CCOCC(NCc1ccc(OCC(N)=O)cc1)C(C)C. The first-order valence-corrected chi connectivity index (χ1v) is 7.34. The second-order valence-electron chi connectivity index (χ2n) is 5.29. The van der Waals surface area contributed by atoms with E-state index >= 15 is 0 Å². The lowest BCUT2D eigenvalue weighted by atomic mass is 10.0. The minimum atomic E-state index is -0.476. The summed E-state index contributed by atoms with van der Waals surface area (Å²) < 4.78 is 10.7. The van der Waals surface area contributed by atoms with Crippen LogP contribution in [0.3, 0.4) is 0 Å². The normalized spacial score (nSPS) is 12.4. The quantitative estimate of drug-likeness (QED) is 0.689. The molecule has 0 aliphatic carbocycles. The van der Waals surface area contributed by atoms with Crippen molar-refractivity contribution in [3.8, 4) is 5.75 Å². The van der Waals surface area contributed by atoms with Crippen LogP contribution in [-0.4, -0.2) is 31.8 Å². The number of carbonyl (C=O) groups is 1. The molecule has 1 unspecified atom stereocenters. The molecule has 0 saturated heterocycles. The Balaban J connectivity index is 2.45. The fraction of sp³-hybridized carbons (Fsp3) is 0.562. The third kappa shape index (κ3) is 7.11. The van der Waals surface area contributed by atoms with Gasteiger partial charge in [0.25, 0.3) is 5.91 Å². The summed E-state index contributed by atoms with van der Waals surface area (Å²) >= 11 is 0. The zero-order valence-electron chi connectivity index (χ0n) is 13.1. The minimum Gasteiger partial charge on any atom is -0.484 e. The lowest BCUT2D eigenvalue weighted by Crippen LogP contribution is -2.37. The molecular formula is C16H26N2O3. The van der Waals surface area contributed by atoms with Gasteiger partial charge in [0.1, 0.15) is 5.75 Å². The summed E-state index contributed by atoms with van der Waals surface area (Å²) in [5.74, 6) is 0.679. The summed E-state index contributed by atoms with van der Waals surface area (Å²) in [4.78, 5) is 10.6. The fourth-order valence-electron chi connectivity index (χ4n) is 1.84. The number of hydrogen-bond donors (Lipinski definition) is 2. The molecule has 0 heterocycles. The van der Waals surface area contributed by atoms with Crippen molar-refractivity contribution >= 4 is 5.91 Å². The zero-order valence-corrected chi connectivity index (χ0v) is 13.1. The van der Waals surface area contributed by atoms with E-state index in [1.165, 1.54) is 0 Å². The van der Waals surface area contributed by atoms with E-state index < -0.39 is 5.91 Å². The molecule has 5 nitrogen and oxygen atoms in total. The molecule has 0 aliphatic rings. The van der Waals surface area contributed by atoms with Crippen molar-refractivity contribution in [2.24, 2.45) is 11.7 Å². The van der Waals surface area contributed by atoms with E-state index in [2.05, 4.69) is 19.2 Å². The molecule has 1 aromatic carbocycles. The van der Waals surface area contributed by atoms with Gasteiger partial charge in [0.05, 0.1) is 6.61 Å². The largest absolute Gasteiger partial charge is 0.484 e. The molecule has 0 aromatic heterocycles. The Kier molecular flexibility index (Phi) is 7.79. The highest BCUT2D eigenvalue weighted by Crippen LogP contribution is 2.12. The van der Waals surface area contributed by atoms with Crippen molar-refractivity contribution in [1.82, 2.24) is 5.32 Å². The Morgan fingerprint density at radius 2 is 1.95 bits per heavy atom. The van der Waals surface area contributed by atoms with Crippen molar-refractivity contribution < 1.29 is 14.3 Å². The van der Waals surface area contributed by atoms with Gasteiger partial charge in [0.2, 0.25) is 0 Å². The molecule has 1 aromatic rings. The highest BCUT2D eigenvalue weighted by Gasteiger charge is 2.12. The van der Waals surface area contributed by atoms with Crippen LogP contribution in [0.25, 0.3) is 0 Å². The number of benzene rings is 1. The van der Waals surface area contributed by atoms with Gasteiger partial charge in [0.15, 0.2) is 6.61 Å². The highest BCUT2D eigenvalue weighted by molar-refractivity contribution is 5.75. The molecule has 0 spiro atoms. The number of rotatable bonds is 10. The summed E-state index contributed by atoms with van der Waals surface area (Å²) in [6.07, 6.45) is 0. The van der Waals surface area contributed by atoms with Crippen LogP contribution in [0, 0.1) is 5.92 Å². The van der Waals surface area contributed by atoms with Gasteiger partial charge >= 0.3 is 0 Å². The van der Waals surface area contributed by atoms with E-state index in [0.717, 1.165) is 18.7 Å². The third-order valence-electron chi connectivity index (χ3n) is 3.18. The van der Waals surface area contributed by atoms with Gasteiger partial charge < -0.3 is 20.5 Å². The van der Waals surface area contributed by atoms with Crippen LogP contribution >= 0.6 is 0 Å². The maximum Gasteiger partial charge on any atom is 0.255 e. The summed E-state index contributed by atoms with van der Waals surface area (Å²) in [6, 6.07) is 7.96. The van der Waals surface area contributed by atoms with Gasteiger partial charge in [-0.2, -0.15) is 0 Å². The van der Waals surface area contributed by atoms with Crippen molar-refractivity contribution in [3.05, 3.63) is 29.8 Å². The molecule has 21 heavy (non-hydrogen) atoms. The average molecular weight is 294 g/mol. The highest BCUT2D eigenvalue weighted by atomic mass is 16.5. The molecule has 0 radical (unpaired) electrons. The monoisotopic (exact) mass is 294 g/mol. The Morgan fingerprint density at radius 3 is 2.48 bits per heavy atom. The van der Waals surface area contributed by atoms with Crippen LogP contribution in [0.5, 0.6) is 5.75 Å². The second-order valence-corrected chi connectivity index (χ2v) is 5.29. The molecule has 0 saturated carbocycles. The number of carbonyl (C=O) groups excluding carboxylic acids is 1. The van der Waals surface area contributed by atoms with Gasteiger partial charge in [-0.25, -0.2) is 0 Å². The number of nitrogens with one attached hydrogen (secondary N) is 1. The van der Waals surface area contributed by atoms with Crippen molar-refractivity contribution in [3.63, 3.8) is 0 Å². The molecule has 5 heteroatoms. The van der Waals surface area contributed by atoms with Crippen LogP contribution in [-0.2, 0) is 16.1 Å². The maximum absolute atomic E-state index is 10.6. The van der Waals surface area contributed by atoms with Crippen molar-refractivity contribution in [2.45, 2.75) is 33.4 Å². The van der Waals surface area contributed by atoms with E-state index in [4.69, 9.17) is 15.2 Å². The van der Waals surface area contributed by atoms with E-state index in [0.29, 0.717) is 24.3 Å². The topological polar surface area (TPSA) is 73.6 Å². The maximum atomic E-state index is 10.6. The summed E-state index contributed by atoms with van der Waals surface area (Å²) in [6.45, 7) is 8.48. The summed E-state index contributed by atoms with van der Waals surface area (Å²) in [5.41, 5.74) is 6.19. The smallest absolute Gasteiger partial charge is 0.255 e. The van der Waals surface area contributed by atoms with Crippen molar-refractivity contribution in [2.75, 3.05) is 19.8 Å². The van der Waals surface area contributed by atoms with Gasteiger partial charge in [-0.15, -0.1) is 0 Å². The van der Waals surface area contributed by atoms with E-state index in [-0.39, 0.29) is 6.61 Å². The fourth-order valence-corrected chi connectivity index (χ4v) is 1.84. The minimum absolute atomic E-state index is 0.0959. The van der Waals surface area contributed by atoms with Gasteiger partial charge in [-0.05, 0) is 30.5 Å². The lowest BCUT2D eigenvalue weighted by molar-refractivity contribution is -0.119. The van der Waals surface area contributed by atoms with E-state index in [1.807, 2.05) is 31.2 Å². The molecule has 3 N–H and O–H groups in total. The van der Waals surface area contributed by atoms with E-state index in [1.54, 1.807) is 0 Å². The molecule has 118 valence electrons. The number of ether oxygens (including phenoxy) is 2. The third-order valence-corrected chi connectivity index (χ3v) is 3.18. The molecule has 0 fully saturated rings. The molecule has 0 aliphatic heterocycles. The Hall–Kier alpha value is -1.59. The van der Waals surface area contributed by atoms with Gasteiger partial charge in [-0.1, -0.05) is 26.0 Å². The Bertz CT molecular complexity index is 418. The van der Waals surface area contributed by atoms with E-state index in [9.17, 15) is 4.79 Å². The average Bonchev–Trinajstić information content (AvgIpc) is 2.46. The van der Waals surface area contributed by atoms with Gasteiger partial charge in [-0.3, -0.25) is 4.79 Å². The summed E-state index contributed by atoms with van der Waals surface area (Å²) in [7, 11) is 0.